The second-order valence-corrected chi connectivity index (χ2v) is 10.9. The summed E-state index contributed by atoms with van der Waals surface area (Å²) < 4.78 is 21.8. The number of aromatic amines is 1. The van der Waals surface area contributed by atoms with Crippen molar-refractivity contribution in [1.82, 2.24) is 25.4 Å². The number of benzene rings is 3. The van der Waals surface area contributed by atoms with Gasteiger partial charge in [-0.3, -0.25) is 14.7 Å². The molecule has 0 saturated carbocycles. The maximum Gasteiger partial charge on any atom is 0.251 e. The first kappa shape index (κ1) is 25.8. The molecule has 8 nitrogen and oxygen atoms in total. The van der Waals surface area contributed by atoms with Crippen LogP contribution in [-0.4, -0.2) is 52.9 Å². The van der Waals surface area contributed by atoms with E-state index >= 15 is 0 Å². The molecular weight excluding hydrogens is 509 g/mol. The van der Waals surface area contributed by atoms with Crippen LogP contribution in [0.25, 0.3) is 38.6 Å². The number of ether oxygens (including phenoxy) is 1. The number of nitrogens with one attached hydrogen (secondary N) is 3. The normalized spacial score (nSPS) is 15.6. The summed E-state index contributed by atoms with van der Waals surface area (Å²) >= 11 is 0. The number of hydrogen-bond acceptors (Lipinski definition) is 4. The van der Waals surface area contributed by atoms with Gasteiger partial charge in [-0.25, -0.2) is 4.39 Å². The minimum absolute atomic E-state index is 0.159. The van der Waals surface area contributed by atoms with Crippen LogP contribution in [0.2, 0.25) is 0 Å². The number of halogens is 1. The van der Waals surface area contributed by atoms with Crippen LogP contribution < -0.4 is 10.6 Å². The minimum atomic E-state index is -0.515. The Hall–Kier alpha value is -4.50. The fourth-order valence-electron chi connectivity index (χ4n) is 5.71. The van der Waals surface area contributed by atoms with Crippen LogP contribution in [-0.2, 0) is 14.9 Å². The number of aromatic nitrogens is 3. The van der Waals surface area contributed by atoms with E-state index in [-0.39, 0.29) is 17.6 Å². The van der Waals surface area contributed by atoms with E-state index < -0.39 is 11.5 Å². The molecule has 3 aromatic carbocycles. The molecule has 1 fully saturated rings. The Morgan fingerprint density at radius 3 is 2.58 bits per heavy atom. The third kappa shape index (κ3) is 4.42. The van der Waals surface area contributed by atoms with Gasteiger partial charge in [-0.1, -0.05) is 26.0 Å². The highest BCUT2D eigenvalue weighted by molar-refractivity contribution is 6.06. The number of nitrogens with zero attached hydrogens (tertiary/aromatic N) is 2. The average molecular weight is 540 g/mol. The number of fused-ring (bicyclic) bond motifs is 2. The van der Waals surface area contributed by atoms with E-state index in [0.29, 0.717) is 25.1 Å². The number of amides is 2. The Labute approximate surface area is 230 Å². The molecule has 1 aliphatic rings. The van der Waals surface area contributed by atoms with E-state index in [9.17, 15) is 14.0 Å². The highest BCUT2D eigenvalue weighted by Gasteiger charge is 2.32. The molecular formula is C31H30FN5O3. The van der Waals surface area contributed by atoms with Crippen molar-refractivity contribution < 1.29 is 18.7 Å². The van der Waals surface area contributed by atoms with E-state index in [1.54, 1.807) is 37.6 Å². The van der Waals surface area contributed by atoms with Crippen molar-refractivity contribution in [3.8, 4) is 16.8 Å². The summed E-state index contributed by atoms with van der Waals surface area (Å²) in [7, 11) is 1.68. The first-order chi connectivity index (χ1) is 19.3. The zero-order valence-electron chi connectivity index (χ0n) is 22.5. The van der Waals surface area contributed by atoms with Gasteiger partial charge < -0.3 is 19.9 Å². The third-order valence-electron chi connectivity index (χ3n) is 7.55. The van der Waals surface area contributed by atoms with Gasteiger partial charge in [0.25, 0.3) is 5.91 Å². The van der Waals surface area contributed by atoms with Crippen LogP contribution in [0.5, 0.6) is 0 Å². The summed E-state index contributed by atoms with van der Waals surface area (Å²) in [6.07, 6.45) is 2.36. The number of H-pyrrole nitrogens is 1. The zero-order chi connectivity index (χ0) is 28.0. The van der Waals surface area contributed by atoms with E-state index in [4.69, 9.17) is 4.74 Å². The largest absolute Gasteiger partial charge is 0.384 e. The molecule has 6 rings (SSSR count). The predicted octanol–water partition coefficient (Wildman–Crippen LogP) is 4.86. The molecule has 0 bridgehead atoms. The number of hydrogen-bond donors (Lipinski definition) is 3. The number of carbonyl (C=O) groups is 2. The lowest BCUT2D eigenvalue weighted by atomic mass is 9.84. The maximum absolute atomic E-state index is 14.0. The SMILES string of the molecule is COCC(C)(C)c1c(-c2ccc(C(=O)N[C@@H]3CCNC3=O)cc2)c2cc3[nH]ncc3cc2n1-c1ccc(F)cc1. The Kier molecular flexibility index (Phi) is 6.38. The molecule has 3 heterocycles. The van der Waals surface area contributed by atoms with Crippen LogP contribution in [0.15, 0.2) is 66.9 Å². The van der Waals surface area contributed by atoms with Gasteiger partial charge in [0.2, 0.25) is 5.91 Å². The molecule has 204 valence electrons. The summed E-state index contributed by atoms with van der Waals surface area (Å²) in [5.41, 5.74) is 5.59. The molecule has 3 N–H and O–H groups in total. The van der Waals surface area contributed by atoms with Gasteiger partial charge in [0, 0.05) is 52.4 Å². The summed E-state index contributed by atoms with van der Waals surface area (Å²) in [6.45, 7) is 5.25. The molecule has 2 aromatic heterocycles. The standard InChI is InChI=1S/C31H30FN5O3/c1-31(2,17-40-3)28-27(18-4-6-19(7-5-18)29(38)35-24-12-13-33-30(24)39)23-15-25-20(16-34-36-25)14-26(23)37(28)22-10-8-21(32)9-11-22/h4-11,14-16,24H,12-13,17H2,1-3H3,(H,33,39)(H,34,36)(H,35,38)/t24-/m1/s1. The predicted molar refractivity (Wildman–Crippen MR) is 152 cm³/mol. The van der Waals surface area contributed by atoms with Crippen molar-refractivity contribution in [2.45, 2.75) is 31.7 Å². The quantitative estimate of drug-likeness (QED) is 0.275. The molecule has 0 aliphatic carbocycles. The van der Waals surface area contributed by atoms with Gasteiger partial charge >= 0.3 is 0 Å². The van der Waals surface area contributed by atoms with Crippen molar-refractivity contribution >= 4 is 33.6 Å². The van der Waals surface area contributed by atoms with E-state index in [1.165, 1.54) is 12.1 Å². The van der Waals surface area contributed by atoms with Gasteiger partial charge in [0.05, 0.1) is 23.8 Å². The Morgan fingerprint density at radius 1 is 1.15 bits per heavy atom. The monoisotopic (exact) mass is 539 g/mol. The van der Waals surface area contributed by atoms with Gasteiger partial charge in [0.1, 0.15) is 11.9 Å². The third-order valence-corrected chi connectivity index (χ3v) is 7.55. The fourth-order valence-corrected chi connectivity index (χ4v) is 5.71. The Bertz CT molecular complexity index is 1740. The van der Waals surface area contributed by atoms with Crippen LogP contribution >= 0.6 is 0 Å². The second-order valence-electron chi connectivity index (χ2n) is 10.9. The highest BCUT2D eigenvalue weighted by atomic mass is 19.1. The van der Waals surface area contributed by atoms with Crippen molar-refractivity contribution in [1.29, 1.82) is 0 Å². The second kappa shape index (κ2) is 9.91. The highest BCUT2D eigenvalue weighted by Crippen LogP contribution is 2.44. The van der Waals surface area contributed by atoms with Crippen molar-refractivity contribution in [2.75, 3.05) is 20.3 Å². The number of methoxy groups -OCH3 is 1. The Balaban J connectivity index is 1.55. The molecule has 1 saturated heterocycles. The molecule has 40 heavy (non-hydrogen) atoms. The topological polar surface area (TPSA) is 101 Å². The molecule has 2 amide bonds. The van der Waals surface area contributed by atoms with Crippen LogP contribution in [0.4, 0.5) is 4.39 Å². The molecule has 1 atom stereocenters. The summed E-state index contributed by atoms with van der Waals surface area (Å²) in [4.78, 5) is 24.8. The van der Waals surface area contributed by atoms with Crippen LogP contribution in [0.3, 0.4) is 0 Å². The number of carbonyl (C=O) groups excluding carboxylic acids is 2. The van der Waals surface area contributed by atoms with E-state index in [2.05, 4.69) is 51.4 Å². The van der Waals surface area contributed by atoms with Crippen LogP contribution in [0.1, 0.15) is 36.3 Å². The molecule has 9 heteroatoms. The average Bonchev–Trinajstić information content (AvgIpc) is 3.65. The lowest BCUT2D eigenvalue weighted by molar-refractivity contribution is -0.120. The Morgan fingerprint density at radius 2 is 1.90 bits per heavy atom. The summed E-state index contributed by atoms with van der Waals surface area (Å²) in [6, 6.07) is 17.5. The zero-order valence-corrected chi connectivity index (χ0v) is 22.5. The van der Waals surface area contributed by atoms with Gasteiger partial charge in [-0.15, -0.1) is 0 Å². The minimum Gasteiger partial charge on any atom is -0.384 e. The van der Waals surface area contributed by atoms with Gasteiger partial charge in [0.15, 0.2) is 0 Å². The fraction of sp³-hybridized carbons (Fsp3) is 0.258. The van der Waals surface area contributed by atoms with Crippen molar-refractivity contribution in [3.63, 3.8) is 0 Å². The lowest BCUT2D eigenvalue weighted by Crippen LogP contribution is -2.40. The van der Waals surface area contributed by atoms with Crippen molar-refractivity contribution in [2.24, 2.45) is 0 Å². The van der Waals surface area contributed by atoms with Gasteiger partial charge in [-0.2, -0.15) is 5.10 Å². The molecule has 0 spiro atoms. The van der Waals surface area contributed by atoms with Crippen molar-refractivity contribution in [3.05, 3.63) is 83.9 Å². The smallest absolute Gasteiger partial charge is 0.251 e. The lowest BCUT2D eigenvalue weighted by Gasteiger charge is -2.28. The summed E-state index contributed by atoms with van der Waals surface area (Å²) in [5.74, 6) is -0.755. The first-order valence-electron chi connectivity index (χ1n) is 13.2. The summed E-state index contributed by atoms with van der Waals surface area (Å²) in [5, 5.41) is 14.8. The maximum atomic E-state index is 14.0. The molecule has 0 radical (unpaired) electrons. The molecule has 1 aliphatic heterocycles. The van der Waals surface area contributed by atoms with E-state index in [0.717, 1.165) is 44.3 Å². The molecule has 0 unspecified atom stereocenters. The van der Waals surface area contributed by atoms with E-state index in [1.807, 2.05) is 12.1 Å². The first-order valence-corrected chi connectivity index (χ1v) is 13.2. The van der Waals surface area contributed by atoms with Crippen LogP contribution in [0, 0.1) is 5.82 Å². The van der Waals surface area contributed by atoms with Gasteiger partial charge in [-0.05, 0) is 60.5 Å². The number of rotatable bonds is 7. The molecule has 5 aromatic rings.